The number of hydrogen-bond donors (Lipinski definition) is 2. The van der Waals surface area contributed by atoms with Crippen LogP contribution in [0.3, 0.4) is 0 Å². The molecule has 0 heterocycles. The van der Waals surface area contributed by atoms with E-state index in [4.69, 9.17) is 11.6 Å². The van der Waals surface area contributed by atoms with E-state index in [1.807, 2.05) is 24.3 Å². The Bertz CT molecular complexity index is 573. The van der Waals surface area contributed by atoms with Gasteiger partial charge in [0.25, 0.3) is 0 Å². The van der Waals surface area contributed by atoms with Crippen molar-refractivity contribution < 1.29 is 10.2 Å². The molecule has 0 aliphatic rings. The number of aliphatic hydroxyl groups excluding tert-OH is 2. The molecular weight excluding hydrogens is 308 g/mol. The van der Waals surface area contributed by atoms with Crippen LogP contribution in [-0.4, -0.2) is 23.4 Å². The molecule has 0 bridgehead atoms. The molecule has 0 spiro atoms. The molecule has 124 valence electrons. The highest BCUT2D eigenvalue weighted by Gasteiger charge is 2.30. The van der Waals surface area contributed by atoms with Gasteiger partial charge in [0, 0.05) is 18.2 Å². The Kier molecular flexibility index (Phi) is 6.64. The molecule has 0 aromatic heterocycles. The highest BCUT2D eigenvalue weighted by atomic mass is 35.5. The minimum atomic E-state index is -0.142. The highest BCUT2D eigenvalue weighted by molar-refractivity contribution is 6.30. The first-order chi connectivity index (χ1) is 11.1. The second-order valence-corrected chi connectivity index (χ2v) is 6.50. The molecule has 0 amide bonds. The summed E-state index contributed by atoms with van der Waals surface area (Å²) in [7, 11) is 0. The van der Waals surface area contributed by atoms with Gasteiger partial charge >= 0.3 is 0 Å². The van der Waals surface area contributed by atoms with E-state index in [2.05, 4.69) is 31.2 Å². The van der Waals surface area contributed by atoms with Crippen molar-refractivity contribution in [3.05, 3.63) is 59.1 Å². The summed E-state index contributed by atoms with van der Waals surface area (Å²) < 4.78 is 0. The molecule has 0 aliphatic carbocycles. The number of hydrogen-bond acceptors (Lipinski definition) is 2. The van der Waals surface area contributed by atoms with Crippen molar-refractivity contribution in [2.75, 3.05) is 13.2 Å². The van der Waals surface area contributed by atoms with Crippen LogP contribution in [0.5, 0.6) is 0 Å². The zero-order valence-corrected chi connectivity index (χ0v) is 14.4. The lowest BCUT2D eigenvalue weighted by molar-refractivity contribution is 0.181. The zero-order valence-electron chi connectivity index (χ0n) is 13.6. The summed E-state index contributed by atoms with van der Waals surface area (Å²) in [6.07, 6.45) is 3.36. The Hall–Kier alpha value is -1.35. The van der Waals surface area contributed by atoms with Gasteiger partial charge < -0.3 is 10.2 Å². The maximum Gasteiger partial charge on any atom is 0.0439 e. The van der Waals surface area contributed by atoms with Crippen molar-refractivity contribution in [2.24, 2.45) is 0 Å². The number of rotatable bonds is 8. The van der Waals surface area contributed by atoms with Gasteiger partial charge in [0.05, 0.1) is 0 Å². The molecule has 0 saturated heterocycles. The Morgan fingerprint density at radius 1 is 0.783 bits per heavy atom. The minimum absolute atomic E-state index is 0.138. The lowest BCUT2D eigenvalue weighted by Gasteiger charge is -2.33. The Balaban J connectivity index is 2.32. The zero-order chi connectivity index (χ0) is 16.7. The van der Waals surface area contributed by atoms with Gasteiger partial charge in [-0.15, -0.1) is 0 Å². The van der Waals surface area contributed by atoms with Gasteiger partial charge in [-0.1, -0.05) is 61.3 Å². The van der Waals surface area contributed by atoms with Crippen molar-refractivity contribution in [1.29, 1.82) is 0 Å². The van der Waals surface area contributed by atoms with E-state index in [1.165, 1.54) is 5.56 Å². The van der Waals surface area contributed by atoms with Crippen molar-refractivity contribution in [2.45, 2.75) is 38.0 Å². The van der Waals surface area contributed by atoms with E-state index in [-0.39, 0.29) is 18.6 Å². The first kappa shape index (κ1) is 18.0. The molecule has 2 rings (SSSR count). The van der Waals surface area contributed by atoms with Crippen molar-refractivity contribution in [1.82, 2.24) is 0 Å². The van der Waals surface area contributed by atoms with Crippen molar-refractivity contribution >= 4 is 11.6 Å². The van der Waals surface area contributed by atoms with Crippen molar-refractivity contribution in [3.63, 3.8) is 0 Å². The van der Waals surface area contributed by atoms with Gasteiger partial charge in [-0.25, -0.2) is 0 Å². The number of halogens is 1. The largest absolute Gasteiger partial charge is 0.396 e. The van der Waals surface area contributed by atoms with E-state index >= 15 is 0 Å². The molecule has 2 aromatic rings. The van der Waals surface area contributed by atoms with Crippen LogP contribution in [0.15, 0.2) is 48.5 Å². The van der Waals surface area contributed by atoms with Crippen LogP contribution in [0.4, 0.5) is 0 Å². The second-order valence-electron chi connectivity index (χ2n) is 6.06. The maximum absolute atomic E-state index is 9.48. The predicted molar refractivity (Wildman–Crippen MR) is 96.9 cm³/mol. The van der Waals surface area contributed by atoms with Crippen LogP contribution >= 0.6 is 11.6 Å². The number of aliphatic hydroxyl groups is 2. The molecular formula is C20H25ClO2. The predicted octanol–water partition coefficient (Wildman–Crippen LogP) is 4.81. The van der Waals surface area contributed by atoms with E-state index in [9.17, 15) is 10.2 Å². The summed E-state index contributed by atoms with van der Waals surface area (Å²) in [5.41, 5.74) is 3.33. The third-order valence-electron chi connectivity index (χ3n) is 4.58. The van der Waals surface area contributed by atoms with Crippen LogP contribution < -0.4 is 0 Å². The third kappa shape index (κ3) is 4.35. The van der Waals surface area contributed by atoms with E-state index in [0.717, 1.165) is 29.0 Å². The molecule has 23 heavy (non-hydrogen) atoms. The Labute approximate surface area is 143 Å². The van der Waals surface area contributed by atoms with Crippen LogP contribution in [0.25, 0.3) is 11.1 Å². The lowest BCUT2D eigenvalue weighted by Crippen LogP contribution is -2.29. The fraction of sp³-hybridized carbons (Fsp3) is 0.400. The third-order valence-corrected chi connectivity index (χ3v) is 4.84. The average molecular weight is 333 g/mol. The molecule has 2 N–H and O–H groups in total. The summed E-state index contributed by atoms with van der Waals surface area (Å²) in [6.45, 7) is 2.42. The normalized spacial score (nSPS) is 11.7. The summed E-state index contributed by atoms with van der Waals surface area (Å²) in [6, 6.07) is 16.3. The molecule has 0 fully saturated rings. The average Bonchev–Trinajstić information content (AvgIpc) is 2.56. The lowest BCUT2D eigenvalue weighted by atomic mass is 9.72. The Morgan fingerprint density at radius 2 is 1.26 bits per heavy atom. The van der Waals surface area contributed by atoms with Crippen molar-refractivity contribution in [3.8, 4) is 11.1 Å². The van der Waals surface area contributed by atoms with Crippen LogP contribution in [0, 0.1) is 0 Å². The molecule has 0 radical (unpaired) electrons. The fourth-order valence-electron chi connectivity index (χ4n) is 3.37. The first-order valence-corrected chi connectivity index (χ1v) is 8.61. The summed E-state index contributed by atoms with van der Waals surface area (Å²) >= 11 is 5.94. The molecule has 0 saturated carbocycles. The molecule has 2 nitrogen and oxygen atoms in total. The van der Waals surface area contributed by atoms with Crippen LogP contribution in [0.1, 0.15) is 38.2 Å². The van der Waals surface area contributed by atoms with Gasteiger partial charge in [0.15, 0.2) is 0 Å². The van der Waals surface area contributed by atoms with Gasteiger partial charge in [-0.2, -0.15) is 0 Å². The van der Waals surface area contributed by atoms with E-state index in [0.29, 0.717) is 12.8 Å². The van der Waals surface area contributed by atoms with Gasteiger partial charge in [-0.05, 0) is 53.5 Å². The van der Waals surface area contributed by atoms with Crippen LogP contribution in [0.2, 0.25) is 5.02 Å². The van der Waals surface area contributed by atoms with Crippen LogP contribution in [-0.2, 0) is 5.41 Å². The summed E-state index contributed by atoms with van der Waals surface area (Å²) in [5, 5.41) is 19.7. The maximum atomic E-state index is 9.48. The highest BCUT2D eigenvalue weighted by Crippen LogP contribution is 2.37. The SMILES string of the molecule is CCCC(CCO)(CCO)c1ccc(-c2ccc(Cl)cc2)cc1. The smallest absolute Gasteiger partial charge is 0.0439 e. The molecule has 0 aliphatic heterocycles. The molecule has 0 atom stereocenters. The molecule has 0 unspecified atom stereocenters. The minimum Gasteiger partial charge on any atom is -0.396 e. The summed E-state index contributed by atoms with van der Waals surface area (Å²) in [5.74, 6) is 0. The van der Waals surface area contributed by atoms with Gasteiger partial charge in [0.2, 0.25) is 0 Å². The van der Waals surface area contributed by atoms with E-state index in [1.54, 1.807) is 0 Å². The molecule has 2 aromatic carbocycles. The fourth-order valence-corrected chi connectivity index (χ4v) is 3.50. The molecule has 3 heteroatoms. The van der Waals surface area contributed by atoms with E-state index < -0.39 is 0 Å². The quantitative estimate of drug-likeness (QED) is 0.728. The van der Waals surface area contributed by atoms with Gasteiger partial charge in [-0.3, -0.25) is 0 Å². The Morgan fingerprint density at radius 3 is 1.70 bits per heavy atom. The second kappa shape index (κ2) is 8.49. The van der Waals surface area contributed by atoms with Gasteiger partial charge in [0.1, 0.15) is 0 Å². The monoisotopic (exact) mass is 332 g/mol. The standard InChI is InChI=1S/C20H25ClO2/c1-2-11-20(12-14-22,13-15-23)18-7-3-16(4-8-18)17-5-9-19(21)10-6-17/h3-10,22-23H,2,11-15H2,1H3. The number of benzene rings is 2. The first-order valence-electron chi connectivity index (χ1n) is 8.23. The summed E-state index contributed by atoms with van der Waals surface area (Å²) in [4.78, 5) is 0. The topological polar surface area (TPSA) is 40.5 Å².